The number of hydrogen-bond donors (Lipinski definition) is 3. The van der Waals surface area contributed by atoms with Crippen molar-refractivity contribution in [1.82, 2.24) is 45.3 Å². The van der Waals surface area contributed by atoms with E-state index in [9.17, 15) is 28.8 Å². The Bertz CT molecular complexity index is 2400. The maximum absolute atomic E-state index is 12.5. The molecule has 6 amide bonds. The molecule has 12 heterocycles. The zero-order chi connectivity index (χ0) is 54.7. The number of likely N-dealkylation sites (tertiary alicyclic amines) is 3. The van der Waals surface area contributed by atoms with Crippen LogP contribution in [0.3, 0.4) is 0 Å². The number of hydrogen-bond acceptors (Lipinski definition) is 12. The van der Waals surface area contributed by atoms with Gasteiger partial charge in [-0.05, 0) is 138 Å². The van der Waals surface area contributed by atoms with Crippen LogP contribution in [-0.2, 0) is 23.9 Å². The molecule has 3 spiro atoms. The Labute approximate surface area is 438 Å². The van der Waals surface area contributed by atoms with Crippen molar-refractivity contribution in [3.05, 3.63) is 35.3 Å². The summed E-state index contributed by atoms with van der Waals surface area (Å²) in [5, 5.41) is 9.18. The summed E-state index contributed by atoms with van der Waals surface area (Å²) in [7, 11) is 0. The molecule has 3 N–H and O–H groups in total. The summed E-state index contributed by atoms with van der Waals surface area (Å²) < 4.78 is 47.0. The molecule has 72 heavy (non-hydrogen) atoms. The topological polar surface area (TPSA) is 176 Å². The SMILES string of the molecule is CC(C)OC(=O)N1C2C=C(N3CCC4(CC3)CNC(=O)C4)CC1CC2.CSC(=O)N1C2C=C(N3CCC4(CC3)CNC(=O)C4)CC1CC2.[2H]C([2H])([2H])C([2H])([2H])OC(=O)N1C2C=C(N3CCC4(CC3)CNC(=O)C4)CC1CC2. The summed E-state index contributed by atoms with van der Waals surface area (Å²) >= 11 is 1.33. The van der Waals surface area contributed by atoms with E-state index in [1.54, 1.807) is 0 Å². The number of rotatable bonds is 5. The Hall–Kier alpha value is -4.61. The second kappa shape index (κ2) is 21.0. The van der Waals surface area contributed by atoms with Crippen LogP contribution in [0.15, 0.2) is 35.3 Å². The minimum Gasteiger partial charge on any atom is -0.450 e. The van der Waals surface area contributed by atoms with Crippen molar-refractivity contribution in [3.63, 3.8) is 0 Å². The monoisotopic (exact) mass is 1020 g/mol. The molecule has 0 radical (unpaired) electrons. The minimum atomic E-state index is -3.03. The number of nitrogens with one attached hydrogen (secondary N) is 3. The first kappa shape index (κ1) is 44.8. The van der Waals surface area contributed by atoms with Crippen LogP contribution in [0.5, 0.6) is 0 Å². The largest absolute Gasteiger partial charge is 0.450 e. The molecule has 17 nitrogen and oxygen atoms in total. The van der Waals surface area contributed by atoms with Gasteiger partial charge in [-0.3, -0.25) is 29.0 Å². The van der Waals surface area contributed by atoms with Gasteiger partial charge in [-0.15, -0.1) is 0 Å². The van der Waals surface area contributed by atoms with E-state index in [1.807, 2.05) is 31.1 Å². The fourth-order valence-electron chi connectivity index (χ4n) is 14.6. The molecule has 12 rings (SSSR count). The molecule has 12 aliphatic rings. The number of amides is 6. The number of fused-ring (bicyclic) bond motifs is 6. The van der Waals surface area contributed by atoms with Crippen LogP contribution < -0.4 is 16.0 Å². The Kier molecular flexibility index (Phi) is 13.1. The Balaban J connectivity index is 0.000000132. The van der Waals surface area contributed by atoms with E-state index in [4.69, 9.17) is 16.3 Å². The molecule has 0 aliphatic carbocycles. The van der Waals surface area contributed by atoms with E-state index in [-0.39, 0.29) is 75.6 Å². The zero-order valence-electron chi connectivity index (χ0n) is 47.7. The summed E-state index contributed by atoms with van der Waals surface area (Å²) in [6, 6.07) is 0.854. The van der Waals surface area contributed by atoms with Crippen LogP contribution in [0.2, 0.25) is 0 Å². The highest BCUT2D eigenvalue weighted by atomic mass is 32.2. The summed E-state index contributed by atoms with van der Waals surface area (Å²) in [4.78, 5) is 84.7. The Morgan fingerprint density at radius 1 is 0.611 bits per heavy atom. The van der Waals surface area contributed by atoms with Crippen LogP contribution in [0.25, 0.3) is 0 Å². The van der Waals surface area contributed by atoms with Gasteiger partial charge in [-0.1, -0.05) is 11.8 Å². The van der Waals surface area contributed by atoms with Gasteiger partial charge in [0, 0.05) is 137 Å². The molecular formula is C54H81N9O8S. The van der Waals surface area contributed by atoms with Crippen molar-refractivity contribution < 1.29 is 45.1 Å². The predicted octanol–water partition coefficient (Wildman–Crippen LogP) is 6.31. The molecule has 0 aromatic carbocycles. The molecule has 18 heteroatoms. The molecule has 12 aliphatic heterocycles. The number of thioether (sulfide) groups is 1. The van der Waals surface area contributed by atoms with E-state index in [0.717, 1.165) is 149 Å². The van der Waals surface area contributed by atoms with Crippen molar-refractivity contribution >= 4 is 46.9 Å². The standard InChI is InChI=1S/C19H29N3O3.C18H27N3O3.C17H25N3O2S/c1-13(2)25-18(24)22-14-3-4-15(22)10-16(9-14)21-7-5-19(6-8-21)11-17(23)20-12-19;1-2-24-17(23)21-13-3-4-14(21)10-15(9-13)20-7-5-18(6-8-20)11-16(22)19-12-18;1-23-16(22)20-12-2-3-13(20)9-14(8-12)19-6-4-17(5-7-19)10-15(21)18-11-17/h9,13-15H,3-8,10-12H2,1-2H3,(H,20,23);9,13-14H,2-8,10-12H2,1H3,(H,19,22);8,12-13H,2-7,9-11H2,1H3,(H,18,21)/i;1D3,2D2;. The first-order valence-corrected chi connectivity index (χ1v) is 28.3. The Morgan fingerprint density at radius 2 is 0.972 bits per heavy atom. The summed E-state index contributed by atoms with van der Waals surface area (Å²) in [5.74, 6) is 0.571. The molecule has 9 saturated heterocycles. The van der Waals surface area contributed by atoms with Gasteiger partial charge in [0.05, 0.1) is 33.5 Å². The highest BCUT2D eigenvalue weighted by Crippen LogP contribution is 2.45. The fraction of sp³-hybridized carbons (Fsp3) is 0.778. The van der Waals surface area contributed by atoms with E-state index in [1.165, 1.54) is 33.8 Å². The van der Waals surface area contributed by atoms with E-state index >= 15 is 0 Å². The molecule has 396 valence electrons. The maximum atomic E-state index is 12.5. The van der Waals surface area contributed by atoms with Gasteiger partial charge in [0.15, 0.2) is 0 Å². The molecular weight excluding hydrogens is 935 g/mol. The second-order valence-electron chi connectivity index (χ2n) is 23.4. The molecule has 0 aromatic heterocycles. The van der Waals surface area contributed by atoms with Crippen molar-refractivity contribution in [2.45, 2.75) is 179 Å². The minimum absolute atomic E-state index is 0.0710. The van der Waals surface area contributed by atoms with Crippen LogP contribution in [0.4, 0.5) is 14.4 Å². The lowest BCUT2D eigenvalue weighted by atomic mass is 9.77. The molecule has 6 atom stereocenters. The fourth-order valence-corrected chi connectivity index (χ4v) is 15.1. The van der Waals surface area contributed by atoms with Crippen LogP contribution in [-0.4, -0.2) is 179 Å². The lowest BCUT2D eigenvalue weighted by molar-refractivity contribution is -0.120. The van der Waals surface area contributed by atoms with Gasteiger partial charge >= 0.3 is 12.2 Å². The van der Waals surface area contributed by atoms with Crippen molar-refractivity contribution in [3.8, 4) is 0 Å². The lowest BCUT2D eigenvalue weighted by Gasteiger charge is -2.43. The van der Waals surface area contributed by atoms with Crippen LogP contribution in [0, 0.1) is 16.2 Å². The predicted molar refractivity (Wildman–Crippen MR) is 274 cm³/mol. The molecule has 0 saturated carbocycles. The second-order valence-corrected chi connectivity index (χ2v) is 24.2. The smallest absolute Gasteiger partial charge is 0.410 e. The number of ether oxygens (including phenoxy) is 2. The third-order valence-electron chi connectivity index (χ3n) is 18.7. The lowest BCUT2D eigenvalue weighted by Crippen LogP contribution is -2.47. The van der Waals surface area contributed by atoms with Crippen molar-refractivity contribution in [1.29, 1.82) is 0 Å². The summed E-state index contributed by atoms with van der Waals surface area (Å²) in [6.07, 6.45) is 24.2. The third-order valence-corrected chi connectivity index (χ3v) is 19.2. The normalized spacial score (nSPS) is 32.8. The first-order chi connectivity index (χ1) is 36.6. The number of piperidine rings is 3. The van der Waals surface area contributed by atoms with E-state index in [2.05, 4.69) is 47.7 Å². The van der Waals surface area contributed by atoms with Gasteiger partial charge < -0.3 is 45.0 Å². The van der Waals surface area contributed by atoms with Crippen molar-refractivity contribution in [2.75, 3.05) is 71.7 Å². The molecule has 0 aromatic rings. The zero-order valence-corrected chi connectivity index (χ0v) is 43.5. The van der Waals surface area contributed by atoms with Gasteiger partial charge in [-0.2, -0.15) is 0 Å². The summed E-state index contributed by atoms with van der Waals surface area (Å²) in [6.45, 7) is 6.14. The van der Waals surface area contributed by atoms with Crippen molar-refractivity contribution in [2.24, 2.45) is 16.2 Å². The maximum Gasteiger partial charge on any atom is 0.410 e. The molecule has 9 fully saturated rings. The van der Waals surface area contributed by atoms with Gasteiger partial charge in [0.25, 0.3) is 5.24 Å². The molecule has 6 unspecified atom stereocenters. The van der Waals surface area contributed by atoms with Gasteiger partial charge in [-0.25, -0.2) is 9.59 Å². The highest BCUT2D eigenvalue weighted by Gasteiger charge is 2.48. The quantitative estimate of drug-likeness (QED) is 0.280. The van der Waals surface area contributed by atoms with Gasteiger partial charge in [0.1, 0.15) is 0 Å². The average molecular weight is 1020 g/mol. The summed E-state index contributed by atoms with van der Waals surface area (Å²) in [5.41, 5.74) is 4.51. The van der Waals surface area contributed by atoms with Crippen LogP contribution >= 0.6 is 11.8 Å². The van der Waals surface area contributed by atoms with E-state index in [0.29, 0.717) is 37.8 Å². The van der Waals surface area contributed by atoms with E-state index < -0.39 is 19.5 Å². The Morgan fingerprint density at radius 3 is 1.28 bits per heavy atom. The first-order valence-electron chi connectivity index (χ1n) is 29.6. The average Bonchev–Trinajstić information content (AvgIpc) is 4.22. The van der Waals surface area contributed by atoms with Crippen LogP contribution in [0.1, 0.15) is 143 Å². The number of carbonyl (C=O) groups excluding carboxylic acids is 6. The third kappa shape index (κ3) is 10.5. The highest BCUT2D eigenvalue weighted by molar-refractivity contribution is 8.12. The van der Waals surface area contributed by atoms with Gasteiger partial charge in [0.2, 0.25) is 17.7 Å². The number of nitrogens with zero attached hydrogens (tertiary/aromatic N) is 6. The number of carbonyl (C=O) groups is 6. The molecule has 6 bridgehead atoms.